The van der Waals surface area contributed by atoms with Crippen LogP contribution < -0.4 is 5.32 Å². The maximum atomic E-state index is 12.2. The summed E-state index contributed by atoms with van der Waals surface area (Å²) < 4.78 is 25.2. The van der Waals surface area contributed by atoms with E-state index < -0.39 is 10.0 Å². The fourth-order valence-electron chi connectivity index (χ4n) is 2.84. The Balaban J connectivity index is 2.02. The minimum Gasteiger partial charge on any atom is -0.325 e. The average molecular weight is 338 g/mol. The normalized spacial score (nSPS) is 15.8. The van der Waals surface area contributed by atoms with Crippen LogP contribution in [0.5, 0.6) is 0 Å². The van der Waals surface area contributed by atoms with Crippen molar-refractivity contribution in [1.82, 2.24) is 4.31 Å². The number of hydrogen-bond acceptors (Lipinski definition) is 4. The van der Waals surface area contributed by atoms with Crippen molar-refractivity contribution in [2.24, 2.45) is 0 Å². The van der Waals surface area contributed by atoms with E-state index in [1.165, 1.54) is 11.2 Å². The second kappa shape index (κ2) is 7.23. The van der Waals surface area contributed by atoms with Crippen molar-refractivity contribution in [2.75, 3.05) is 18.1 Å². The van der Waals surface area contributed by atoms with E-state index in [0.29, 0.717) is 11.3 Å². The van der Waals surface area contributed by atoms with Crippen molar-refractivity contribution >= 4 is 27.4 Å². The third-order valence-corrected chi connectivity index (χ3v) is 5.31. The lowest BCUT2D eigenvalue weighted by Gasteiger charge is -2.25. The zero-order valence-corrected chi connectivity index (χ0v) is 14.2. The largest absolute Gasteiger partial charge is 0.325 e. The van der Waals surface area contributed by atoms with Crippen LogP contribution in [-0.2, 0) is 14.8 Å². The molecule has 1 fully saturated rings. The molecule has 0 bridgehead atoms. The second-order valence-electron chi connectivity index (χ2n) is 5.93. The summed E-state index contributed by atoms with van der Waals surface area (Å²) in [5.74, 6) is -0.426. The summed E-state index contributed by atoms with van der Waals surface area (Å²) in [6, 6.07) is 6.44. The molecule has 6 nitrogen and oxygen atoms in total. The quantitative estimate of drug-likeness (QED) is 0.805. The predicted octanol–water partition coefficient (Wildman–Crippen LogP) is 2.03. The molecule has 0 saturated heterocycles. The van der Waals surface area contributed by atoms with Crippen LogP contribution in [0.25, 0.3) is 0 Å². The topological polar surface area (TPSA) is 83.6 Å². The van der Waals surface area contributed by atoms with E-state index in [1.54, 1.807) is 24.3 Å². The molecule has 126 valence electrons. The monoisotopic (exact) mass is 338 g/mol. The molecule has 1 saturated carbocycles. The van der Waals surface area contributed by atoms with Gasteiger partial charge in [0.1, 0.15) is 0 Å². The summed E-state index contributed by atoms with van der Waals surface area (Å²) in [4.78, 5) is 23.4. The van der Waals surface area contributed by atoms with E-state index in [0.717, 1.165) is 31.9 Å². The van der Waals surface area contributed by atoms with Crippen LogP contribution in [0.4, 0.5) is 5.69 Å². The molecule has 0 heterocycles. The molecule has 0 spiro atoms. The summed E-state index contributed by atoms with van der Waals surface area (Å²) in [6.45, 7) is 1.29. The fourth-order valence-corrected chi connectivity index (χ4v) is 3.94. The maximum absolute atomic E-state index is 12.2. The van der Waals surface area contributed by atoms with Gasteiger partial charge in [0, 0.05) is 17.3 Å². The number of hydrogen-bond donors (Lipinski definition) is 1. The number of anilines is 1. The Kier molecular flexibility index (Phi) is 5.54. The SMILES string of the molecule is CC(=O)c1ccc(NC(=O)CN(C2CCCC2)S(C)(=O)=O)cc1. The molecule has 0 aromatic heterocycles. The van der Waals surface area contributed by atoms with Crippen molar-refractivity contribution in [1.29, 1.82) is 0 Å². The van der Waals surface area contributed by atoms with Crippen LogP contribution in [0.1, 0.15) is 43.0 Å². The predicted molar refractivity (Wildman–Crippen MR) is 88.9 cm³/mol. The lowest BCUT2D eigenvalue weighted by atomic mass is 10.1. The van der Waals surface area contributed by atoms with E-state index in [-0.39, 0.29) is 24.3 Å². The Hall–Kier alpha value is -1.73. The molecule has 0 radical (unpaired) electrons. The number of nitrogens with zero attached hydrogens (tertiary/aromatic N) is 1. The van der Waals surface area contributed by atoms with Crippen LogP contribution in [0.15, 0.2) is 24.3 Å². The number of ketones is 1. The van der Waals surface area contributed by atoms with Gasteiger partial charge in [-0.15, -0.1) is 0 Å². The molecule has 23 heavy (non-hydrogen) atoms. The van der Waals surface area contributed by atoms with Gasteiger partial charge in [0.2, 0.25) is 15.9 Å². The standard InChI is InChI=1S/C16H22N2O4S/c1-12(19)13-7-9-14(10-8-13)17-16(20)11-18(23(2,21)22)15-5-3-4-6-15/h7-10,15H,3-6,11H2,1-2H3,(H,17,20). The van der Waals surface area contributed by atoms with Crippen LogP contribution in [0.3, 0.4) is 0 Å². The molecule has 1 aromatic rings. The zero-order valence-electron chi connectivity index (χ0n) is 13.4. The van der Waals surface area contributed by atoms with Crippen LogP contribution in [0.2, 0.25) is 0 Å². The first-order valence-corrected chi connectivity index (χ1v) is 9.50. The highest BCUT2D eigenvalue weighted by Gasteiger charge is 2.30. The Morgan fingerprint density at radius 1 is 1.17 bits per heavy atom. The molecular weight excluding hydrogens is 316 g/mol. The first-order chi connectivity index (χ1) is 10.8. The van der Waals surface area contributed by atoms with Gasteiger partial charge < -0.3 is 5.32 Å². The van der Waals surface area contributed by atoms with Crippen molar-refractivity contribution in [3.8, 4) is 0 Å². The molecule has 0 aliphatic heterocycles. The Morgan fingerprint density at radius 3 is 2.22 bits per heavy atom. The second-order valence-corrected chi connectivity index (χ2v) is 7.86. The van der Waals surface area contributed by atoms with Gasteiger partial charge in [0.15, 0.2) is 5.78 Å². The first-order valence-electron chi connectivity index (χ1n) is 7.65. The number of Topliss-reactive ketones (excluding diaryl/α,β-unsaturated/α-hetero) is 1. The minimum atomic E-state index is -3.43. The van der Waals surface area contributed by atoms with Crippen LogP contribution >= 0.6 is 0 Å². The zero-order chi connectivity index (χ0) is 17.0. The van der Waals surface area contributed by atoms with E-state index >= 15 is 0 Å². The number of amides is 1. The highest BCUT2D eigenvalue weighted by Crippen LogP contribution is 2.25. The van der Waals surface area contributed by atoms with Gasteiger partial charge in [0.05, 0.1) is 12.8 Å². The number of sulfonamides is 1. The van der Waals surface area contributed by atoms with Crippen molar-refractivity contribution in [2.45, 2.75) is 38.6 Å². The summed E-state index contributed by atoms with van der Waals surface area (Å²) in [6.07, 6.45) is 4.72. The average Bonchev–Trinajstić information content (AvgIpc) is 2.98. The highest BCUT2D eigenvalue weighted by atomic mass is 32.2. The molecule has 1 N–H and O–H groups in total. The van der Waals surface area contributed by atoms with Crippen molar-refractivity contribution in [3.63, 3.8) is 0 Å². The molecular formula is C16H22N2O4S. The molecule has 0 unspecified atom stereocenters. The van der Waals surface area contributed by atoms with Gasteiger partial charge in [-0.1, -0.05) is 12.8 Å². The van der Waals surface area contributed by atoms with Gasteiger partial charge in [0.25, 0.3) is 0 Å². The van der Waals surface area contributed by atoms with E-state index in [1.807, 2.05) is 0 Å². The van der Waals surface area contributed by atoms with E-state index in [9.17, 15) is 18.0 Å². The maximum Gasteiger partial charge on any atom is 0.239 e. The third kappa shape index (κ3) is 4.87. The van der Waals surface area contributed by atoms with Crippen molar-refractivity contribution in [3.05, 3.63) is 29.8 Å². The third-order valence-electron chi connectivity index (χ3n) is 4.03. The lowest BCUT2D eigenvalue weighted by molar-refractivity contribution is -0.116. The summed E-state index contributed by atoms with van der Waals surface area (Å²) >= 11 is 0. The summed E-state index contributed by atoms with van der Waals surface area (Å²) in [5.41, 5.74) is 1.10. The molecule has 7 heteroatoms. The highest BCUT2D eigenvalue weighted by molar-refractivity contribution is 7.88. The Labute approximate surface area is 136 Å². The molecule has 1 aliphatic carbocycles. The van der Waals surface area contributed by atoms with E-state index in [2.05, 4.69) is 5.32 Å². The van der Waals surface area contributed by atoms with E-state index in [4.69, 9.17) is 0 Å². The lowest BCUT2D eigenvalue weighted by Crippen LogP contribution is -2.43. The molecule has 1 aromatic carbocycles. The number of carbonyl (C=O) groups is 2. The molecule has 1 amide bonds. The Bertz CT molecular complexity index is 677. The molecule has 1 aliphatic rings. The van der Waals surface area contributed by atoms with Gasteiger partial charge in [-0.2, -0.15) is 4.31 Å². The first kappa shape index (κ1) is 17.6. The molecule has 0 atom stereocenters. The van der Waals surface area contributed by atoms with Crippen LogP contribution in [-0.4, -0.2) is 43.3 Å². The number of rotatable bonds is 6. The van der Waals surface area contributed by atoms with Gasteiger partial charge in [-0.3, -0.25) is 9.59 Å². The summed E-state index contributed by atoms with van der Waals surface area (Å²) in [5, 5.41) is 2.68. The van der Waals surface area contributed by atoms with Gasteiger partial charge >= 0.3 is 0 Å². The molecule has 2 rings (SSSR count). The van der Waals surface area contributed by atoms with Gasteiger partial charge in [-0.25, -0.2) is 8.42 Å². The Morgan fingerprint density at radius 2 is 1.74 bits per heavy atom. The minimum absolute atomic E-state index is 0.0487. The van der Waals surface area contributed by atoms with Crippen molar-refractivity contribution < 1.29 is 18.0 Å². The van der Waals surface area contributed by atoms with Crippen LogP contribution in [0, 0.1) is 0 Å². The van der Waals surface area contributed by atoms with Gasteiger partial charge in [-0.05, 0) is 44.0 Å². The fraction of sp³-hybridized carbons (Fsp3) is 0.500. The summed E-state index contributed by atoms with van der Waals surface area (Å²) in [7, 11) is -3.43. The number of benzene rings is 1. The number of nitrogens with one attached hydrogen (secondary N) is 1. The smallest absolute Gasteiger partial charge is 0.239 e. The number of carbonyl (C=O) groups excluding carboxylic acids is 2.